The lowest BCUT2D eigenvalue weighted by molar-refractivity contribution is -0.132. The van der Waals surface area contributed by atoms with Gasteiger partial charge in [0.25, 0.3) is 5.91 Å². The van der Waals surface area contributed by atoms with E-state index in [1.165, 1.54) is 6.26 Å². The topological polar surface area (TPSA) is 62.6 Å². The molecule has 5 nitrogen and oxygen atoms in total. The van der Waals surface area contributed by atoms with Crippen molar-refractivity contribution >= 4 is 11.8 Å². The van der Waals surface area contributed by atoms with E-state index < -0.39 is 0 Å². The molecule has 1 aliphatic carbocycles. The van der Waals surface area contributed by atoms with Crippen molar-refractivity contribution in [3.05, 3.63) is 24.2 Å². The highest BCUT2D eigenvalue weighted by atomic mass is 16.3. The Balaban J connectivity index is 1.67. The van der Waals surface area contributed by atoms with Crippen LogP contribution in [-0.4, -0.2) is 35.8 Å². The van der Waals surface area contributed by atoms with E-state index in [0.717, 1.165) is 19.4 Å². The molecule has 1 aromatic heterocycles. The van der Waals surface area contributed by atoms with Crippen molar-refractivity contribution in [2.75, 3.05) is 13.1 Å². The van der Waals surface area contributed by atoms with Crippen LogP contribution in [-0.2, 0) is 4.79 Å². The highest BCUT2D eigenvalue weighted by molar-refractivity contribution is 5.91. The zero-order valence-corrected chi connectivity index (χ0v) is 12.8. The molecular weight excluding hydrogens is 268 g/mol. The van der Waals surface area contributed by atoms with Crippen molar-refractivity contribution in [1.29, 1.82) is 0 Å². The largest absolute Gasteiger partial charge is 0.459 e. The third kappa shape index (κ3) is 4.92. The zero-order chi connectivity index (χ0) is 15.2. The fraction of sp³-hybridized carbons (Fsp3) is 0.625. The molecule has 0 unspecified atom stereocenters. The van der Waals surface area contributed by atoms with E-state index in [2.05, 4.69) is 19.2 Å². The second kappa shape index (κ2) is 7.29. The fourth-order valence-electron chi connectivity index (χ4n) is 2.31. The minimum absolute atomic E-state index is 0.207. The highest BCUT2D eigenvalue weighted by Crippen LogP contribution is 2.28. The van der Waals surface area contributed by atoms with Gasteiger partial charge in [0.05, 0.1) is 6.26 Å². The first kappa shape index (κ1) is 15.6. The van der Waals surface area contributed by atoms with Crippen LogP contribution in [0, 0.1) is 5.92 Å². The maximum Gasteiger partial charge on any atom is 0.286 e. The first-order valence-corrected chi connectivity index (χ1v) is 7.69. The second-order valence-electron chi connectivity index (χ2n) is 6.01. The van der Waals surface area contributed by atoms with E-state index in [-0.39, 0.29) is 11.8 Å². The Kier molecular flexibility index (Phi) is 5.42. The third-order valence-corrected chi connectivity index (χ3v) is 3.47. The van der Waals surface area contributed by atoms with Crippen LogP contribution in [0.3, 0.4) is 0 Å². The number of carbonyl (C=O) groups is 2. The Morgan fingerprint density at radius 2 is 2.19 bits per heavy atom. The van der Waals surface area contributed by atoms with Gasteiger partial charge in [-0.2, -0.15) is 0 Å². The SMILES string of the molecule is CC(C)CN(C(=O)CCCNC(=O)c1ccco1)C1CC1. The van der Waals surface area contributed by atoms with Crippen LogP contribution >= 0.6 is 0 Å². The number of rotatable bonds is 8. The van der Waals surface area contributed by atoms with Gasteiger partial charge in [0, 0.05) is 25.6 Å². The molecule has 2 rings (SSSR count). The summed E-state index contributed by atoms with van der Waals surface area (Å²) < 4.78 is 5.01. The van der Waals surface area contributed by atoms with Crippen molar-refractivity contribution in [3.8, 4) is 0 Å². The van der Waals surface area contributed by atoms with Gasteiger partial charge in [-0.1, -0.05) is 13.8 Å². The summed E-state index contributed by atoms with van der Waals surface area (Å²) in [5, 5.41) is 2.76. The van der Waals surface area contributed by atoms with Crippen molar-refractivity contribution in [2.45, 2.75) is 45.6 Å². The molecule has 2 amide bonds. The van der Waals surface area contributed by atoms with Gasteiger partial charge in [0.15, 0.2) is 5.76 Å². The van der Waals surface area contributed by atoms with Gasteiger partial charge in [-0.15, -0.1) is 0 Å². The first-order valence-electron chi connectivity index (χ1n) is 7.69. The van der Waals surface area contributed by atoms with Crippen LogP contribution in [0.5, 0.6) is 0 Å². The lowest BCUT2D eigenvalue weighted by atomic mass is 10.2. The van der Waals surface area contributed by atoms with Crippen LogP contribution in [0.15, 0.2) is 22.8 Å². The van der Waals surface area contributed by atoms with Crippen molar-refractivity contribution in [1.82, 2.24) is 10.2 Å². The molecule has 5 heteroatoms. The number of nitrogens with one attached hydrogen (secondary N) is 1. The molecule has 0 bridgehead atoms. The Morgan fingerprint density at radius 1 is 1.43 bits per heavy atom. The van der Waals surface area contributed by atoms with Crippen LogP contribution in [0.4, 0.5) is 0 Å². The van der Waals surface area contributed by atoms with Crippen molar-refractivity contribution < 1.29 is 14.0 Å². The van der Waals surface area contributed by atoms with Crippen molar-refractivity contribution in [2.24, 2.45) is 5.92 Å². The molecule has 1 heterocycles. The summed E-state index contributed by atoms with van der Waals surface area (Å²) in [5.74, 6) is 0.779. The molecule has 0 radical (unpaired) electrons. The van der Waals surface area contributed by atoms with Crippen LogP contribution in [0.25, 0.3) is 0 Å². The standard InChI is InChI=1S/C16H24N2O3/c1-12(2)11-18(13-7-8-13)15(19)6-3-9-17-16(20)14-5-4-10-21-14/h4-5,10,12-13H,3,6-9,11H2,1-2H3,(H,17,20). The molecule has 21 heavy (non-hydrogen) atoms. The highest BCUT2D eigenvalue weighted by Gasteiger charge is 2.32. The summed E-state index contributed by atoms with van der Waals surface area (Å²) >= 11 is 0. The maximum absolute atomic E-state index is 12.2. The fourth-order valence-corrected chi connectivity index (χ4v) is 2.31. The van der Waals surface area contributed by atoms with Crippen LogP contribution in [0.2, 0.25) is 0 Å². The summed E-state index contributed by atoms with van der Waals surface area (Å²) in [4.78, 5) is 25.9. The average molecular weight is 292 g/mol. The predicted molar refractivity (Wildman–Crippen MR) is 79.8 cm³/mol. The monoisotopic (exact) mass is 292 g/mol. The number of amides is 2. The van der Waals surface area contributed by atoms with Gasteiger partial charge < -0.3 is 14.6 Å². The molecule has 1 N–H and O–H groups in total. The van der Waals surface area contributed by atoms with Gasteiger partial charge in [0.1, 0.15) is 0 Å². The molecule has 1 saturated carbocycles. The Hall–Kier alpha value is -1.78. The van der Waals surface area contributed by atoms with Gasteiger partial charge in [0.2, 0.25) is 5.91 Å². The molecule has 0 atom stereocenters. The number of furan rings is 1. The molecule has 1 aromatic rings. The van der Waals surface area contributed by atoms with E-state index in [0.29, 0.717) is 37.1 Å². The third-order valence-electron chi connectivity index (χ3n) is 3.47. The lowest BCUT2D eigenvalue weighted by Gasteiger charge is -2.24. The number of nitrogens with zero attached hydrogens (tertiary/aromatic N) is 1. The maximum atomic E-state index is 12.2. The molecule has 116 valence electrons. The van der Waals surface area contributed by atoms with E-state index >= 15 is 0 Å². The van der Waals surface area contributed by atoms with E-state index in [4.69, 9.17) is 4.42 Å². The predicted octanol–water partition coefficient (Wildman–Crippen LogP) is 2.44. The normalized spacial score (nSPS) is 14.2. The van der Waals surface area contributed by atoms with E-state index in [1.54, 1.807) is 12.1 Å². The minimum Gasteiger partial charge on any atom is -0.459 e. The Labute approximate surface area is 125 Å². The Bertz CT molecular complexity index is 464. The summed E-state index contributed by atoms with van der Waals surface area (Å²) in [6.45, 7) is 5.59. The smallest absolute Gasteiger partial charge is 0.286 e. The molecule has 0 spiro atoms. The van der Waals surface area contributed by atoms with Gasteiger partial charge >= 0.3 is 0 Å². The average Bonchev–Trinajstić information content (AvgIpc) is 3.13. The van der Waals surface area contributed by atoms with E-state index in [9.17, 15) is 9.59 Å². The summed E-state index contributed by atoms with van der Waals surface area (Å²) in [5.41, 5.74) is 0. The molecule has 1 aliphatic rings. The quantitative estimate of drug-likeness (QED) is 0.749. The molecule has 1 fully saturated rings. The first-order chi connectivity index (χ1) is 10.1. The number of hydrogen-bond acceptors (Lipinski definition) is 3. The number of carbonyl (C=O) groups excluding carboxylic acids is 2. The minimum atomic E-state index is -0.228. The van der Waals surface area contributed by atoms with Crippen LogP contribution < -0.4 is 5.32 Å². The number of hydrogen-bond donors (Lipinski definition) is 1. The summed E-state index contributed by atoms with van der Waals surface area (Å²) in [7, 11) is 0. The molecule has 0 aromatic carbocycles. The van der Waals surface area contributed by atoms with Gasteiger partial charge in [-0.05, 0) is 37.3 Å². The summed E-state index contributed by atoms with van der Waals surface area (Å²) in [6.07, 6.45) is 4.88. The van der Waals surface area contributed by atoms with Crippen LogP contribution in [0.1, 0.15) is 50.1 Å². The second-order valence-corrected chi connectivity index (χ2v) is 6.01. The van der Waals surface area contributed by atoms with E-state index in [1.807, 2.05) is 4.90 Å². The molecule has 0 aliphatic heterocycles. The van der Waals surface area contributed by atoms with Crippen molar-refractivity contribution in [3.63, 3.8) is 0 Å². The lowest BCUT2D eigenvalue weighted by Crippen LogP contribution is -2.36. The Morgan fingerprint density at radius 3 is 2.76 bits per heavy atom. The zero-order valence-electron chi connectivity index (χ0n) is 12.8. The summed E-state index contributed by atoms with van der Waals surface area (Å²) in [6, 6.07) is 3.76. The molecule has 0 saturated heterocycles. The molecular formula is C16H24N2O3. The van der Waals surface area contributed by atoms with Gasteiger partial charge in [-0.3, -0.25) is 9.59 Å². The van der Waals surface area contributed by atoms with Gasteiger partial charge in [-0.25, -0.2) is 0 Å².